The van der Waals surface area contributed by atoms with Crippen LogP contribution >= 0.6 is 0 Å². The van der Waals surface area contributed by atoms with Gasteiger partial charge in [0.1, 0.15) is 0 Å². The van der Waals surface area contributed by atoms with E-state index in [1.54, 1.807) is 0 Å². The Hall–Kier alpha value is -3.06. The van der Waals surface area contributed by atoms with Crippen LogP contribution in [0.3, 0.4) is 0 Å². The summed E-state index contributed by atoms with van der Waals surface area (Å²) in [6, 6.07) is 1.71. The lowest BCUT2D eigenvalue weighted by molar-refractivity contribution is -0.142. The Bertz CT molecular complexity index is 840. The number of amides is 2. The summed E-state index contributed by atoms with van der Waals surface area (Å²) in [5, 5.41) is 11.2. The summed E-state index contributed by atoms with van der Waals surface area (Å²) in [7, 11) is 0. The van der Waals surface area contributed by atoms with Crippen LogP contribution in [0, 0.1) is 13.8 Å². The molecule has 2 aromatic rings. The number of halogens is 6. The van der Waals surface area contributed by atoms with Crippen LogP contribution in [-0.4, -0.2) is 44.5 Å². The molecule has 30 heavy (non-hydrogen) atoms. The summed E-state index contributed by atoms with van der Waals surface area (Å²) in [4.78, 5) is 23.4. The number of nitrogens with one attached hydrogen (secondary N) is 2. The van der Waals surface area contributed by atoms with Gasteiger partial charge in [-0.1, -0.05) is 0 Å². The largest absolute Gasteiger partial charge is 0.435 e. The van der Waals surface area contributed by atoms with E-state index in [2.05, 4.69) is 20.8 Å². The van der Waals surface area contributed by atoms with Crippen molar-refractivity contribution in [2.24, 2.45) is 0 Å². The number of carbonyl (C=O) groups is 2. The van der Waals surface area contributed by atoms with Gasteiger partial charge >= 0.3 is 24.2 Å². The van der Waals surface area contributed by atoms with Gasteiger partial charge in [-0.25, -0.2) is 0 Å². The molecule has 2 N–H and O–H groups in total. The molecule has 0 aliphatic rings. The summed E-state index contributed by atoms with van der Waals surface area (Å²) in [6.07, 6.45) is -9.18. The molecule has 0 saturated heterocycles. The Labute approximate surface area is 166 Å². The molecule has 166 valence electrons. The third kappa shape index (κ3) is 5.97. The van der Waals surface area contributed by atoms with Crippen LogP contribution in [0.25, 0.3) is 0 Å². The minimum absolute atomic E-state index is 0.0896. The van der Waals surface area contributed by atoms with Gasteiger partial charge in [-0.3, -0.25) is 19.0 Å². The van der Waals surface area contributed by atoms with Crippen LogP contribution in [0.15, 0.2) is 12.1 Å². The average molecular weight is 440 g/mol. The van der Waals surface area contributed by atoms with Crippen LogP contribution in [-0.2, 0) is 35.0 Å². The van der Waals surface area contributed by atoms with E-state index in [9.17, 15) is 35.9 Å². The number of aromatic nitrogens is 4. The Morgan fingerprint density at radius 2 is 1.13 bits per heavy atom. The van der Waals surface area contributed by atoms with Crippen molar-refractivity contribution < 1.29 is 35.9 Å². The molecule has 0 unspecified atom stereocenters. The molecule has 0 aliphatic heterocycles. The molecule has 2 rings (SSSR count). The van der Waals surface area contributed by atoms with Crippen LogP contribution in [0.1, 0.15) is 22.8 Å². The summed E-state index contributed by atoms with van der Waals surface area (Å²) >= 11 is 0. The van der Waals surface area contributed by atoms with Crippen LogP contribution in [0.5, 0.6) is 0 Å². The van der Waals surface area contributed by atoms with Gasteiger partial charge in [0.15, 0.2) is 11.4 Å². The van der Waals surface area contributed by atoms with Crippen molar-refractivity contribution in [1.29, 1.82) is 0 Å². The minimum Gasteiger partial charge on any atom is -0.346 e. The smallest absolute Gasteiger partial charge is 0.346 e. The van der Waals surface area contributed by atoms with Crippen molar-refractivity contribution in [3.05, 3.63) is 34.9 Å². The molecule has 0 atom stereocenters. The Morgan fingerprint density at radius 3 is 1.40 bits per heavy atom. The molecule has 0 spiro atoms. The molecule has 2 aromatic heterocycles. The fourth-order valence-electron chi connectivity index (χ4n) is 2.46. The predicted molar refractivity (Wildman–Crippen MR) is 90.0 cm³/mol. The number of rotatable bonds is 6. The second-order valence-electron chi connectivity index (χ2n) is 6.30. The van der Waals surface area contributed by atoms with E-state index in [1.165, 1.54) is 13.8 Å². The maximum absolute atomic E-state index is 12.6. The van der Waals surface area contributed by atoms with E-state index in [0.717, 1.165) is 21.5 Å². The molecule has 2 amide bonds. The third-order valence-corrected chi connectivity index (χ3v) is 3.97. The molecule has 8 nitrogen and oxygen atoms in total. The number of nitrogens with zero attached hydrogens (tertiary/aromatic N) is 4. The molecule has 0 saturated carbocycles. The second kappa shape index (κ2) is 8.75. The zero-order valence-electron chi connectivity index (χ0n) is 15.9. The monoisotopic (exact) mass is 440 g/mol. The SMILES string of the molecule is Cc1cc(C(F)(F)F)nn1CCNC(=O)C(=O)NCCn1nc(C(F)(F)F)cc1C. The fraction of sp³-hybridized carbons (Fsp3) is 0.500. The first-order valence-corrected chi connectivity index (χ1v) is 8.58. The van der Waals surface area contributed by atoms with Crippen LogP contribution in [0.4, 0.5) is 26.3 Å². The van der Waals surface area contributed by atoms with Gasteiger partial charge < -0.3 is 10.6 Å². The lowest BCUT2D eigenvalue weighted by Crippen LogP contribution is -2.42. The standard InChI is InChI=1S/C16H18F6N6O2/c1-9-7-11(15(17,18)19)25-27(9)5-3-23-13(29)14(30)24-4-6-28-10(2)8-12(26-28)16(20,21)22/h7-8H,3-6H2,1-2H3,(H,23,29)(H,24,30). The number of hydrogen-bond acceptors (Lipinski definition) is 4. The average Bonchev–Trinajstić information content (AvgIpc) is 3.17. The van der Waals surface area contributed by atoms with Crippen LogP contribution in [0.2, 0.25) is 0 Å². The zero-order valence-corrected chi connectivity index (χ0v) is 15.9. The van der Waals surface area contributed by atoms with E-state index < -0.39 is 35.6 Å². The summed E-state index contributed by atoms with van der Waals surface area (Å²) in [6.45, 7) is 2.34. The van der Waals surface area contributed by atoms with Crippen LogP contribution < -0.4 is 10.6 Å². The van der Waals surface area contributed by atoms with Crippen molar-refractivity contribution in [2.75, 3.05) is 13.1 Å². The van der Waals surface area contributed by atoms with Crippen molar-refractivity contribution in [3.8, 4) is 0 Å². The minimum atomic E-state index is -4.59. The molecule has 2 heterocycles. The zero-order chi connectivity index (χ0) is 22.7. The Balaban J connectivity index is 1.77. The molecule has 0 bridgehead atoms. The molecular weight excluding hydrogens is 422 g/mol. The maximum Gasteiger partial charge on any atom is 0.435 e. The highest BCUT2D eigenvalue weighted by Gasteiger charge is 2.35. The lowest BCUT2D eigenvalue weighted by atomic mass is 10.3. The van der Waals surface area contributed by atoms with E-state index in [-0.39, 0.29) is 37.6 Å². The molecule has 0 radical (unpaired) electrons. The summed E-state index contributed by atoms with van der Waals surface area (Å²) in [5.41, 5.74) is -1.67. The topological polar surface area (TPSA) is 93.8 Å². The molecule has 0 fully saturated rings. The number of carbonyl (C=O) groups excluding carboxylic acids is 2. The van der Waals surface area contributed by atoms with Crippen molar-refractivity contribution in [2.45, 2.75) is 39.3 Å². The number of alkyl halides is 6. The third-order valence-electron chi connectivity index (χ3n) is 3.97. The first-order valence-electron chi connectivity index (χ1n) is 8.58. The van der Waals surface area contributed by atoms with Gasteiger partial charge in [0.25, 0.3) is 0 Å². The number of hydrogen-bond donors (Lipinski definition) is 2. The van der Waals surface area contributed by atoms with Crippen molar-refractivity contribution in [1.82, 2.24) is 30.2 Å². The second-order valence-corrected chi connectivity index (χ2v) is 6.30. The van der Waals surface area contributed by atoms with Gasteiger partial charge in [0, 0.05) is 24.5 Å². The normalized spacial score (nSPS) is 12.1. The maximum atomic E-state index is 12.6. The first-order chi connectivity index (χ1) is 13.8. The molecule has 0 aliphatic carbocycles. The Kier molecular flexibility index (Phi) is 6.77. The lowest BCUT2D eigenvalue weighted by Gasteiger charge is -2.09. The summed E-state index contributed by atoms with van der Waals surface area (Å²) < 4.78 is 77.7. The number of aryl methyl sites for hydroxylation is 2. The Morgan fingerprint density at radius 1 is 0.800 bits per heavy atom. The molecular formula is C16H18F6N6O2. The van der Waals surface area contributed by atoms with Crippen molar-refractivity contribution >= 4 is 11.8 Å². The fourth-order valence-corrected chi connectivity index (χ4v) is 2.46. The predicted octanol–water partition coefficient (Wildman–Crippen LogP) is 1.67. The van der Waals surface area contributed by atoms with Crippen molar-refractivity contribution in [3.63, 3.8) is 0 Å². The highest BCUT2D eigenvalue weighted by atomic mass is 19.4. The highest BCUT2D eigenvalue weighted by Crippen LogP contribution is 2.29. The van der Waals surface area contributed by atoms with Gasteiger partial charge in [-0.15, -0.1) is 0 Å². The van der Waals surface area contributed by atoms with E-state index in [4.69, 9.17) is 0 Å². The van der Waals surface area contributed by atoms with Gasteiger partial charge in [0.05, 0.1) is 13.1 Å². The summed E-state index contributed by atoms with van der Waals surface area (Å²) in [5.74, 6) is -2.08. The van der Waals surface area contributed by atoms with Gasteiger partial charge in [-0.05, 0) is 26.0 Å². The van der Waals surface area contributed by atoms with Gasteiger partial charge in [0.2, 0.25) is 0 Å². The highest BCUT2D eigenvalue weighted by molar-refractivity contribution is 6.35. The molecule has 0 aromatic carbocycles. The van der Waals surface area contributed by atoms with E-state index in [1.807, 2.05) is 0 Å². The van der Waals surface area contributed by atoms with E-state index in [0.29, 0.717) is 0 Å². The quantitative estimate of drug-likeness (QED) is 0.528. The van der Waals surface area contributed by atoms with Gasteiger partial charge in [-0.2, -0.15) is 36.5 Å². The molecule has 14 heteroatoms. The van der Waals surface area contributed by atoms with E-state index >= 15 is 0 Å². The first kappa shape index (κ1) is 23.2.